The van der Waals surface area contributed by atoms with E-state index in [1.165, 1.54) is 12.1 Å². The Labute approximate surface area is 123 Å². The Morgan fingerprint density at radius 1 is 1.33 bits per heavy atom. The largest absolute Gasteiger partial charge is 0.370 e. The van der Waals surface area contributed by atoms with Crippen molar-refractivity contribution in [2.75, 3.05) is 6.54 Å². The van der Waals surface area contributed by atoms with Gasteiger partial charge in [-0.05, 0) is 49.8 Å². The van der Waals surface area contributed by atoms with Gasteiger partial charge < -0.3 is 10.5 Å². The molecule has 5 nitrogen and oxygen atoms in total. The molecule has 0 aromatic heterocycles. The number of carbonyl (C=O) groups excluding carboxylic acids is 1. The fourth-order valence-corrected chi connectivity index (χ4v) is 2.58. The molecule has 1 aromatic carbocycles. The van der Waals surface area contributed by atoms with Crippen molar-refractivity contribution in [1.82, 2.24) is 5.06 Å². The number of amides is 2. The molecule has 6 heteroatoms. The topological polar surface area (TPSA) is 75.8 Å². The molecule has 2 rings (SSSR count). The number of nitrogens with zero attached hydrogens (tertiary/aromatic N) is 1. The van der Waals surface area contributed by atoms with Crippen LogP contribution in [-0.2, 0) is 4.74 Å². The second-order valence-corrected chi connectivity index (χ2v) is 5.33. The van der Waals surface area contributed by atoms with Gasteiger partial charge in [0.05, 0.1) is 18.8 Å². The summed E-state index contributed by atoms with van der Waals surface area (Å²) in [6.45, 7) is 0.240. The molecule has 0 unspecified atom stereocenters. The van der Waals surface area contributed by atoms with Gasteiger partial charge in [0.15, 0.2) is 0 Å². The number of unbranched alkanes of at least 4 members (excludes halogenated alkanes) is 1. The number of ether oxygens (including phenoxy) is 1. The van der Waals surface area contributed by atoms with E-state index in [0.29, 0.717) is 11.5 Å². The maximum atomic E-state index is 12.9. The average Bonchev–Trinajstić information content (AvgIpc) is 2.93. The second kappa shape index (κ2) is 7.38. The summed E-state index contributed by atoms with van der Waals surface area (Å²) in [5, 5.41) is 9.65. The van der Waals surface area contributed by atoms with Crippen LogP contribution in [0.4, 0.5) is 9.18 Å². The van der Waals surface area contributed by atoms with Crippen LogP contribution in [-0.4, -0.2) is 29.0 Å². The molecule has 0 spiro atoms. The van der Waals surface area contributed by atoms with Crippen LogP contribution in [0, 0.1) is 5.82 Å². The predicted molar refractivity (Wildman–Crippen MR) is 75.2 cm³/mol. The molecule has 1 heterocycles. The third-order valence-corrected chi connectivity index (χ3v) is 3.75. The number of carbonyl (C=O) groups is 1. The monoisotopic (exact) mass is 296 g/mol. The minimum absolute atomic E-state index is 0.0376. The number of hydroxylamine groups is 2. The third kappa shape index (κ3) is 4.68. The van der Waals surface area contributed by atoms with Crippen LogP contribution in [0.25, 0.3) is 0 Å². The lowest BCUT2D eigenvalue weighted by Gasteiger charge is -2.15. The summed E-state index contributed by atoms with van der Waals surface area (Å²) in [4.78, 5) is 10.6. The maximum absolute atomic E-state index is 12.9. The highest BCUT2D eigenvalue weighted by atomic mass is 19.1. The van der Waals surface area contributed by atoms with Crippen molar-refractivity contribution >= 4 is 6.03 Å². The van der Waals surface area contributed by atoms with Gasteiger partial charge in [-0.2, -0.15) is 0 Å². The molecule has 1 fully saturated rings. The number of hydrogen-bond donors (Lipinski definition) is 2. The van der Waals surface area contributed by atoms with Crippen molar-refractivity contribution in [3.63, 3.8) is 0 Å². The van der Waals surface area contributed by atoms with Gasteiger partial charge in [-0.15, -0.1) is 0 Å². The summed E-state index contributed by atoms with van der Waals surface area (Å²) in [5.41, 5.74) is 5.93. The Balaban J connectivity index is 1.68. The zero-order chi connectivity index (χ0) is 15.2. The van der Waals surface area contributed by atoms with Crippen molar-refractivity contribution in [3.8, 4) is 0 Å². The fourth-order valence-electron chi connectivity index (χ4n) is 2.58. The van der Waals surface area contributed by atoms with Gasteiger partial charge in [-0.1, -0.05) is 12.1 Å². The van der Waals surface area contributed by atoms with Crippen molar-refractivity contribution < 1.29 is 19.1 Å². The van der Waals surface area contributed by atoms with E-state index in [4.69, 9.17) is 15.7 Å². The molecule has 1 aromatic rings. The van der Waals surface area contributed by atoms with Crippen molar-refractivity contribution in [3.05, 3.63) is 35.6 Å². The van der Waals surface area contributed by atoms with Crippen LogP contribution in [0.3, 0.4) is 0 Å². The molecule has 0 radical (unpaired) electrons. The Bertz CT molecular complexity index is 466. The highest BCUT2D eigenvalue weighted by Gasteiger charge is 2.26. The summed E-state index contributed by atoms with van der Waals surface area (Å²) < 4.78 is 18.8. The quantitative estimate of drug-likeness (QED) is 0.481. The van der Waals surface area contributed by atoms with Crippen molar-refractivity contribution in [2.24, 2.45) is 5.73 Å². The minimum Gasteiger partial charge on any atom is -0.370 e. The van der Waals surface area contributed by atoms with Crippen LogP contribution >= 0.6 is 0 Å². The van der Waals surface area contributed by atoms with Crippen molar-refractivity contribution in [2.45, 2.75) is 44.3 Å². The molecule has 116 valence electrons. The number of nitrogens with two attached hydrogens (primary N) is 1. The van der Waals surface area contributed by atoms with Crippen molar-refractivity contribution in [1.29, 1.82) is 0 Å². The van der Waals surface area contributed by atoms with Gasteiger partial charge in [0.2, 0.25) is 0 Å². The SMILES string of the molecule is NC(=O)N(O)CCCC[C@@H]1CC[C@H](c2ccc(F)cc2)O1. The maximum Gasteiger partial charge on any atom is 0.338 e. The van der Waals surface area contributed by atoms with Crippen LogP contribution in [0.1, 0.15) is 43.8 Å². The molecule has 1 aliphatic heterocycles. The summed E-state index contributed by atoms with van der Waals surface area (Å²) in [7, 11) is 0. The molecule has 1 aliphatic rings. The van der Waals surface area contributed by atoms with E-state index in [0.717, 1.165) is 31.2 Å². The molecule has 0 bridgehead atoms. The van der Waals surface area contributed by atoms with Crippen LogP contribution in [0.15, 0.2) is 24.3 Å². The highest BCUT2D eigenvalue weighted by Crippen LogP contribution is 2.34. The molecular weight excluding hydrogens is 275 g/mol. The first-order valence-corrected chi connectivity index (χ1v) is 7.23. The lowest BCUT2D eigenvalue weighted by atomic mass is 10.0. The molecule has 2 amide bonds. The number of benzene rings is 1. The number of urea groups is 1. The Morgan fingerprint density at radius 2 is 2.05 bits per heavy atom. The van der Waals surface area contributed by atoms with E-state index in [2.05, 4.69) is 0 Å². The zero-order valence-electron chi connectivity index (χ0n) is 11.9. The normalized spacial score (nSPS) is 21.4. The summed E-state index contributed by atoms with van der Waals surface area (Å²) >= 11 is 0. The minimum atomic E-state index is -0.830. The molecular formula is C15H21FN2O3. The predicted octanol–water partition coefficient (Wildman–Crippen LogP) is 2.99. The number of primary amides is 1. The lowest BCUT2D eigenvalue weighted by molar-refractivity contribution is -0.0412. The van der Waals surface area contributed by atoms with Crippen LogP contribution < -0.4 is 5.73 Å². The fraction of sp³-hybridized carbons (Fsp3) is 0.533. The summed E-state index contributed by atoms with van der Waals surface area (Å²) in [5.74, 6) is -0.240. The number of hydrogen-bond acceptors (Lipinski definition) is 3. The van der Waals surface area contributed by atoms with E-state index in [9.17, 15) is 9.18 Å². The standard InChI is InChI=1S/C15H21FN2O3/c16-12-6-4-11(5-7-12)14-9-8-13(21-14)3-1-2-10-18(20)15(17)19/h4-7,13-14,20H,1-3,8-10H2,(H2,17,19)/t13-,14-/m1/s1. The van der Waals surface area contributed by atoms with Gasteiger partial charge in [0.1, 0.15) is 5.82 Å². The van der Waals surface area contributed by atoms with Gasteiger partial charge in [0, 0.05) is 0 Å². The smallest absolute Gasteiger partial charge is 0.338 e. The third-order valence-electron chi connectivity index (χ3n) is 3.75. The second-order valence-electron chi connectivity index (χ2n) is 5.33. The number of halogens is 1. The van der Waals surface area contributed by atoms with Gasteiger partial charge in [-0.25, -0.2) is 14.2 Å². The first kappa shape index (κ1) is 15.7. The Kier molecular flexibility index (Phi) is 5.52. The van der Waals surface area contributed by atoms with E-state index in [1.54, 1.807) is 12.1 Å². The van der Waals surface area contributed by atoms with E-state index >= 15 is 0 Å². The molecule has 1 saturated heterocycles. The number of rotatable bonds is 6. The summed E-state index contributed by atoms with van der Waals surface area (Å²) in [6, 6.07) is 5.60. The lowest BCUT2D eigenvalue weighted by Crippen LogP contribution is -2.33. The summed E-state index contributed by atoms with van der Waals surface area (Å²) in [6.07, 6.45) is 4.54. The van der Waals surface area contributed by atoms with E-state index in [1.807, 2.05) is 0 Å². The van der Waals surface area contributed by atoms with Crippen LogP contribution in [0.2, 0.25) is 0 Å². The van der Waals surface area contributed by atoms with Gasteiger partial charge in [0.25, 0.3) is 0 Å². The van der Waals surface area contributed by atoms with E-state index < -0.39 is 6.03 Å². The average molecular weight is 296 g/mol. The molecule has 0 aliphatic carbocycles. The molecule has 3 N–H and O–H groups in total. The van der Waals surface area contributed by atoms with Gasteiger partial charge >= 0.3 is 6.03 Å². The highest BCUT2D eigenvalue weighted by molar-refractivity contribution is 5.70. The molecule has 21 heavy (non-hydrogen) atoms. The van der Waals surface area contributed by atoms with Crippen LogP contribution in [0.5, 0.6) is 0 Å². The zero-order valence-corrected chi connectivity index (χ0v) is 11.9. The first-order chi connectivity index (χ1) is 10.1. The van der Waals surface area contributed by atoms with Gasteiger partial charge in [-0.3, -0.25) is 5.21 Å². The molecule has 2 atom stereocenters. The Morgan fingerprint density at radius 3 is 2.71 bits per heavy atom. The Hall–Kier alpha value is -1.66. The first-order valence-electron chi connectivity index (χ1n) is 7.23. The molecule has 0 saturated carbocycles. The van der Waals surface area contributed by atoms with E-state index in [-0.39, 0.29) is 24.6 Å².